The first-order chi connectivity index (χ1) is 8.31. The molecule has 17 heavy (non-hydrogen) atoms. The van der Waals surface area contributed by atoms with Gasteiger partial charge in [0.05, 0.1) is 0 Å². The fourth-order valence-corrected chi connectivity index (χ4v) is 4.16. The molecule has 0 N–H and O–H groups in total. The second kappa shape index (κ2) is 4.64. The summed E-state index contributed by atoms with van der Waals surface area (Å²) in [7, 11) is 0. The minimum Gasteiger partial charge on any atom is -0.490 e. The van der Waals surface area contributed by atoms with Crippen LogP contribution >= 0.6 is 15.9 Å². The van der Waals surface area contributed by atoms with Gasteiger partial charge in [0.15, 0.2) is 0 Å². The van der Waals surface area contributed by atoms with Crippen LogP contribution in [0, 0.1) is 5.41 Å². The fraction of sp³-hybridized carbons (Fsp3) is 0.600. The van der Waals surface area contributed by atoms with Gasteiger partial charge < -0.3 is 4.74 Å². The van der Waals surface area contributed by atoms with Crippen LogP contribution in [0.1, 0.15) is 37.7 Å². The molecule has 1 unspecified atom stereocenters. The van der Waals surface area contributed by atoms with Gasteiger partial charge in [-0.2, -0.15) is 0 Å². The summed E-state index contributed by atoms with van der Waals surface area (Å²) < 4.78 is 6.07. The van der Waals surface area contributed by atoms with Crippen LogP contribution in [0.3, 0.4) is 0 Å². The van der Waals surface area contributed by atoms with Crippen LogP contribution in [0.25, 0.3) is 0 Å². The van der Waals surface area contributed by atoms with Crippen molar-refractivity contribution < 1.29 is 4.74 Å². The molecular weight excluding hydrogens is 276 g/mol. The van der Waals surface area contributed by atoms with Crippen molar-refractivity contribution in [2.24, 2.45) is 5.41 Å². The Morgan fingerprint density at radius 2 is 2.00 bits per heavy atom. The highest BCUT2D eigenvalue weighted by Crippen LogP contribution is 2.45. The lowest BCUT2D eigenvalue weighted by Crippen LogP contribution is -2.27. The Labute approximate surface area is 112 Å². The Balaban J connectivity index is 1.69. The minimum absolute atomic E-state index is 0.406. The Morgan fingerprint density at radius 3 is 2.71 bits per heavy atom. The van der Waals surface area contributed by atoms with E-state index in [0.29, 0.717) is 11.5 Å². The number of para-hydroxylation sites is 1. The van der Waals surface area contributed by atoms with E-state index in [2.05, 4.69) is 40.2 Å². The van der Waals surface area contributed by atoms with Gasteiger partial charge in [-0.15, -0.1) is 0 Å². The van der Waals surface area contributed by atoms with E-state index in [1.165, 1.54) is 37.7 Å². The largest absolute Gasteiger partial charge is 0.490 e. The molecule has 0 saturated heterocycles. The molecule has 1 aromatic rings. The van der Waals surface area contributed by atoms with Crippen molar-refractivity contribution in [3.8, 4) is 5.75 Å². The van der Waals surface area contributed by atoms with Gasteiger partial charge in [-0.05, 0) is 36.3 Å². The van der Waals surface area contributed by atoms with E-state index in [0.717, 1.165) is 17.5 Å². The summed E-state index contributed by atoms with van der Waals surface area (Å²) in [6.07, 6.45) is 8.25. The van der Waals surface area contributed by atoms with Gasteiger partial charge in [0, 0.05) is 11.8 Å². The third kappa shape index (κ3) is 2.24. The van der Waals surface area contributed by atoms with Gasteiger partial charge >= 0.3 is 0 Å². The van der Waals surface area contributed by atoms with Crippen LogP contribution in [0.15, 0.2) is 24.3 Å². The highest BCUT2D eigenvalue weighted by atomic mass is 79.9. The summed E-state index contributed by atoms with van der Waals surface area (Å²) in [5.74, 6) is 1.11. The maximum absolute atomic E-state index is 6.07. The molecule has 0 aromatic heterocycles. The molecular formula is C15H19BrO. The number of rotatable bonds is 3. The maximum atomic E-state index is 6.07. The first-order valence-electron chi connectivity index (χ1n) is 6.62. The number of hydrogen-bond acceptors (Lipinski definition) is 1. The quantitative estimate of drug-likeness (QED) is 0.754. The summed E-state index contributed by atoms with van der Waals surface area (Å²) >= 11 is 3.72. The molecule has 1 aromatic carbocycles. The Bertz CT molecular complexity index is 371. The molecule has 2 heteroatoms. The number of benzene rings is 1. The van der Waals surface area contributed by atoms with Crippen molar-refractivity contribution in [1.82, 2.24) is 0 Å². The van der Waals surface area contributed by atoms with E-state index in [1.54, 1.807) is 0 Å². The molecule has 0 amide bonds. The van der Waals surface area contributed by atoms with Crippen molar-refractivity contribution in [3.05, 3.63) is 29.8 Å². The molecule has 1 saturated carbocycles. The van der Waals surface area contributed by atoms with E-state index in [1.807, 2.05) is 0 Å². The second-order valence-electron chi connectivity index (χ2n) is 5.60. The topological polar surface area (TPSA) is 9.23 Å². The summed E-state index contributed by atoms with van der Waals surface area (Å²) in [6.45, 7) is 0. The highest BCUT2D eigenvalue weighted by Gasteiger charge is 2.37. The third-order valence-electron chi connectivity index (χ3n) is 4.32. The van der Waals surface area contributed by atoms with Crippen LogP contribution in [0.4, 0.5) is 0 Å². The second-order valence-corrected chi connectivity index (χ2v) is 6.16. The molecule has 1 fully saturated rings. The number of fused-ring (bicyclic) bond motifs is 1. The first kappa shape index (κ1) is 11.6. The SMILES string of the molecule is BrCC1(CC2Cc3ccccc3O2)CCCC1. The Kier molecular flexibility index (Phi) is 3.16. The van der Waals surface area contributed by atoms with Gasteiger partial charge in [-0.25, -0.2) is 0 Å². The van der Waals surface area contributed by atoms with Gasteiger partial charge in [-0.1, -0.05) is 47.0 Å². The predicted molar refractivity (Wildman–Crippen MR) is 73.9 cm³/mol. The first-order valence-corrected chi connectivity index (χ1v) is 7.74. The lowest BCUT2D eigenvalue weighted by atomic mass is 9.82. The van der Waals surface area contributed by atoms with Crippen molar-refractivity contribution in [1.29, 1.82) is 0 Å². The van der Waals surface area contributed by atoms with E-state index in [4.69, 9.17) is 4.74 Å². The zero-order valence-electron chi connectivity index (χ0n) is 10.1. The molecule has 1 heterocycles. The van der Waals surface area contributed by atoms with Gasteiger partial charge in [0.1, 0.15) is 11.9 Å². The van der Waals surface area contributed by atoms with Gasteiger partial charge in [0.2, 0.25) is 0 Å². The summed E-state index contributed by atoms with van der Waals surface area (Å²) in [4.78, 5) is 0. The number of halogens is 1. The van der Waals surface area contributed by atoms with Crippen molar-refractivity contribution in [3.63, 3.8) is 0 Å². The normalized spacial score (nSPS) is 25.6. The lowest BCUT2D eigenvalue weighted by molar-refractivity contribution is 0.153. The highest BCUT2D eigenvalue weighted by molar-refractivity contribution is 9.09. The fourth-order valence-electron chi connectivity index (χ4n) is 3.37. The standard InChI is InChI=1S/C15H19BrO/c16-11-15(7-3-4-8-15)10-13-9-12-5-1-2-6-14(12)17-13/h1-2,5-6,13H,3-4,7-11H2. The van der Waals surface area contributed by atoms with Gasteiger partial charge in [0.25, 0.3) is 0 Å². The van der Waals surface area contributed by atoms with Crippen molar-refractivity contribution in [2.75, 3.05) is 5.33 Å². The molecule has 1 nitrogen and oxygen atoms in total. The summed E-state index contributed by atoms with van der Waals surface area (Å²) in [6, 6.07) is 8.48. The smallest absolute Gasteiger partial charge is 0.123 e. The Hall–Kier alpha value is -0.500. The molecule has 1 aliphatic heterocycles. The van der Waals surface area contributed by atoms with E-state index in [9.17, 15) is 0 Å². The molecule has 1 atom stereocenters. The van der Waals surface area contributed by atoms with E-state index >= 15 is 0 Å². The predicted octanol–water partition coefficient (Wildman–Crippen LogP) is 4.34. The van der Waals surface area contributed by atoms with Crippen LogP contribution < -0.4 is 4.74 Å². The average molecular weight is 295 g/mol. The third-order valence-corrected chi connectivity index (χ3v) is 5.51. The van der Waals surface area contributed by atoms with Crippen molar-refractivity contribution >= 4 is 15.9 Å². The van der Waals surface area contributed by atoms with Crippen LogP contribution in [0.2, 0.25) is 0 Å². The molecule has 0 spiro atoms. The van der Waals surface area contributed by atoms with Gasteiger partial charge in [-0.3, -0.25) is 0 Å². The van der Waals surface area contributed by atoms with E-state index in [-0.39, 0.29) is 0 Å². The molecule has 1 aliphatic carbocycles. The van der Waals surface area contributed by atoms with Crippen LogP contribution in [0.5, 0.6) is 5.75 Å². The van der Waals surface area contributed by atoms with Crippen LogP contribution in [-0.2, 0) is 6.42 Å². The number of alkyl halides is 1. The zero-order chi connectivity index (χ0) is 11.7. The van der Waals surface area contributed by atoms with Crippen LogP contribution in [-0.4, -0.2) is 11.4 Å². The monoisotopic (exact) mass is 294 g/mol. The molecule has 92 valence electrons. The summed E-state index contributed by atoms with van der Waals surface area (Å²) in [5.41, 5.74) is 1.90. The lowest BCUT2D eigenvalue weighted by Gasteiger charge is -2.29. The molecule has 0 bridgehead atoms. The molecule has 0 radical (unpaired) electrons. The number of hydrogen-bond donors (Lipinski definition) is 0. The summed E-state index contributed by atoms with van der Waals surface area (Å²) in [5, 5.41) is 1.14. The minimum atomic E-state index is 0.406. The molecule has 3 rings (SSSR count). The Morgan fingerprint density at radius 1 is 1.24 bits per heavy atom. The zero-order valence-corrected chi connectivity index (χ0v) is 11.7. The maximum Gasteiger partial charge on any atom is 0.123 e. The van der Waals surface area contributed by atoms with E-state index < -0.39 is 0 Å². The average Bonchev–Trinajstić information content (AvgIpc) is 2.95. The van der Waals surface area contributed by atoms with Crippen molar-refractivity contribution in [2.45, 2.75) is 44.6 Å². The number of ether oxygens (including phenoxy) is 1. The molecule has 2 aliphatic rings.